The normalized spacial score (nSPS) is 13.6. The Bertz CT molecular complexity index is 354. The van der Waals surface area contributed by atoms with E-state index in [1.807, 2.05) is 11.8 Å². The van der Waals surface area contributed by atoms with E-state index in [9.17, 15) is 0 Å². The molecule has 18 heavy (non-hydrogen) atoms. The fourth-order valence-electron chi connectivity index (χ4n) is 1.68. The number of aryl methyl sites for hydroxylation is 1. The molecule has 1 aromatic carbocycles. The van der Waals surface area contributed by atoms with Gasteiger partial charge in [0.25, 0.3) is 0 Å². The highest BCUT2D eigenvalue weighted by atomic mass is 32.2. The maximum Gasteiger partial charge on any atom is 0.0187 e. The van der Waals surface area contributed by atoms with Gasteiger partial charge in [0.2, 0.25) is 0 Å². The van der Waals surface area contributed by atoms with E-state index in [4.69, 9.17) is 0 Å². The van der Waals surface area contributed by atoms with E-state index in [1.165, 1.54) is 16.9 Å². The van der Waals surface area contributed by atoms with Gasteiger partial charge in [0.05, 0.1) is 0 Å². The average molecular weight is 265 g/mol. The Morgan fingerprint density at radius 2 is 1.89 bits per heavy atom. The van der Waals surface area contributed by atoms with Crippen LogP contribution in [0.5, 0.6) is 0 Å². The fraction of sp³-hybridized carbons (Fsp3) is 0.625. The monoisotopic (exact) mass is 265 g/mol. The van der Waals surface area contributed by atoms with Crippen LogP contribution in [0, 0.1) is 12.8 Å². The third-order valence-corrected chi connectivity index (χ3v) is 4.22. The molecule has 0 aliphatic heterocycles. The molecule has 0 fully saturated rings. The number of hydrogen-bond acceptors (Lipinski definition) is 2. The first-order valence-corrected chi connectivity index (χ1v) is 7.91. The molecule has 2 heteroatoms. The zero-order valence-electron chi connectivity index (χ0n) is 12.4. The van der Waals surface area contributed by atoms with Crippen LogP contribution in [0.1, 0.15) is 38.8 Å². The van der Waals surface area contributed by atoms with E-state index in [0.29, 0.717) is 0 Å². The summed E-state index contributed by atoms with van der Waals surface area (Å²) in [5.41, 5.74) is 3.11. The van der Waals surface area contributed by atoms with E-state index in [0.717, 1.165) is 18.2 Å². The van der Waals surface area contributed by atoms with Crippen molar-refractivity contribution in [3.63, 3.8) is 0 Å². The van der Waals surface area contributed by atoms with Crippen molar-refractivity contribution in [3.05, 3.63) is 35.4 Å². The Morgan fingerprint density at radius 1 is 1.22 bits per heavy atom. The van der Waals surface area contributed by atoms with E-state index in [-0.39, 0.29) is 5.54 Å². The third-order valence-electron chi connectivity index (χ3n) is 2.90. The summed E-state index contributed by atoms with van der Waals surface area (Å²) in [4.78, 5) is 0. The second-order valence-corrected chi connectivity index (χ2v) is 7.21. The molecule has 0 aliphatic rings. The van der Waals surface area contributed by atoms with Gasteiger partial charge in [-0.15, -0.1) is 0 Å². The lowest BCUT2D eigenvalue weighted by Crippen LogP contribution is -2.39. The molecular formula is C16H27NS. The summed E-state index contributed by atoms with van der Waals surface area (Å²) in [6.45, 7) is 12.3. The topological polar surface area (TPSA) is 12.0 Å². The number of hydrogen-bond donors (Lipinski definition) is 1. The SMILES string of the molecule is Cc1ccccc1CSCC(C)CNC(C)(C)C. The van der Waals surface area contributed by atoms with E-state index < -0.39 is 0 Å². The van der Waals surface area contributed by atoms with Crippen molar-refractivity contribution in [1.29, 1.82) is 0 Å². The minimum Gasteiger partial charge on any atom is -0.312 e. The number of rotatable bonds is 6. The Labute approximate surface area is 117 Å². The van der Waals surface area contributed by atoms with Crippen LogP contribution in [0.25, 0.3) is 0 Å². The van der Waals surface area contributed by atoms with Gasteiger partial charge in [-0.2, -0.15) is 11.8 Å². The van der Waals surface area contributed by atoms with Gasteiger partial charge in [-0.05, 0) is 57.0 Å². The highest BCUT2D eigenvalue weighted by Crippen LogP contribution is 2.18. The summed E-state index contributed by atoms with van der Waals surface area (Å²) in [6, 6.07) is 8.67. The molecule has 1 rings (SSSR count). The highest BCUT2D eigenvalue weighted by Gasteiger charge is 2.11. The van der Waals surface area contributed by atoms with Gasteiger partial charge in [-0.25, -0.2) is 0 Å². The van der Waals surface area contributed by atoms with Crippen molar-refractivity contribution in [2.75, 3.05) is 12.3 Å². The van der Waals surface area contributed by atoms with Crippen molar-refractivity contribution < 1.29 is 0 Å². The average Bonchev–Trinajstić information content (AvgIpc) is 2.28. The zero-order valence-corrected chi connectivity index (χ0v) is 13.2. The van der Waals surface area contributed by atoms with Gasteiger partial charge in [0.1, 0.15) is 0 Å². The van der Waals surface area contributed by atoms with Crippen molar-refractivity contribution >= 4 is 11.8 Å². The van der Waals surface area contributed by atoms with Gasteiger partial charge in [0, 0.05) is 11.3 Å². The molecule has 1 unspecified atom stereocenters. The molecule has 0 aliphatic carbocycles. The molecule has 0 amide bonds. The molecule has 0 saturated carbocycles. The minimum absolute atomic E-state index is 0.231. The van der Waals surface area contributed by atoms with E-state index >= 15 is 0 Å². The lowest BCUT2D eigenvalue weighted by molar-refractivity contribution is 0.395. The van der Waals surface area contributed by atoms with Crippen LogP contribution in [0.3, 0.4) is 0 Å². The lowest BCUT2D eigenvalue weighted by Gasteiger charge is -2.23. The molecule has 1 N–H and O–H groups in total. The Balaban J connectivity index is 2.24. The number of nitrogens with one attached hydrogen (secondary N) is 1. The number of benzene rings is 1. The van der Waals surface area contributed by atoms with E-state index in [2.05, 4.69) is 64.2 Å². The molecule has 0 aromatic heterocycles. The first-order chi connectivity index (χ1) is 8.38. The van der Waals surface area contributed by atoms with Crippen LogP contribution < -0.4 is 5.32 Å². The van der Waals surface area contributed by atoms with Crippen molar-refractivity contribution in [2.45, 2.75) is 45.9 Å². The Hall–Kier alpha value is -0.470. The summed E-state index contributed by atoms with van der Waals surface area (Å²) in [6.07, 6.45) is 0. The van der Waals surface area contributed by atoms with Gasteiger partial charge >= 0.3 is 0 Å². The molecular weight excluding hydrogens is 238 g/mol. The molecule has 1 atom stereocenters. The van der Waals surface area contributed by atoms with Crippen LogP contribution >= 0.6 is 11.8 Å². The first-order valence-electron chi connectivity index (χ1n) is 6.76. The summed E-state index contributed by atoms with van der Waals surface area (Å²) >= 11 is 2.04. The van der Waals surface area contributed by atoms with Crippen LogP contribution in [0.2, 0.25) is 0 Å². The van der Waals surface area contributed by atoms with Crippen LogP contribution in [0.15, 0.2) is 24.3 Å². The zero-order chi connectivity index (χ0) is 13.6. The predicted octanol–water partition coefficient (Wildman–Crippen LogP) is 4.25. The third kappa shape index (κ3) is 6.46. The van der Waals surface area contributed by atoms with Gasteiger partial charge in [-0.1, -0.05) is 31.2 Å². The predicted molar refractivity (Wildman–Crippen MR) is 84.3 cm³/mol. The molecule has 0 spiro atoms. The second kappa shape index (κ2) is 7.20. The maximum atomic E-state index is 3.57. The van der Waals surface area contributed by atoms with Crippen molar-refractivity contribution in [1.82, 2.24) is 5.32 Å². The standard InChI is InChI=1S/C16H27NS/c1-13(10-17-16(3,4)5)11-18-12-15-9-7-6-8-14(15)2/h6-9,13,17H,10-12H2,1-5H3. The molecule has 102 valence electrons. The molecule has 0 bridgehead atoms. The molecule has 1 aromatic rings. The Kier molecular flexibility index (Phi) is 6.24. The summed E-state index contributed by atoms with van der Waals surface area (Å²) in [5.74, 6) is 3.07. The number of thioether (sulfide) groups is 1. The smallest absolute Gasteiger partial charge is 0.0187 e. The highest BCUT2D eigenvalue weighted by molar-refractivity contribution is 7.98. The molecule has 1 nitrogen and oxygen atoms in total. The Morgan fingerprint density at radius 3 is 2.50 bits per heavy atom. The largest absolute Gasteiger partial charge is 0.312 e. The van der Waals surface area contributed by atoms with Crippen LogP contribution in [-0.2, 0) is 5.75 Å². The van der Waals surface area contributed by atoms with Gasteiger partial charge in [-0.3, -0.25) is 0 Å². The van der Waals surface area contributed by atoms with E-state index in [1.54, 1.807) is 0 Å². The maximum absolute atomic E-state index is 3.57. The molecule has 0 saturated heterocycles. The van der Waals surface area contributed by atoms with Crippen molar-refractivity contribution in [2.24, 2.45) is 5.92 Å². The minimum atomic E-state index is 0.231. The summed E-state index contributed by atoms with van der Waals surface area (Å²) in [5, 5.41) is 3.57. The van der Waals surface area contributed by atoms with Crippen molar-refractivity contribution in [3.8, 4) is 0 Å². The fourth-order valence-corrected chi connectivity index (χ4v) is 2.86. The van der Waals surface area contributed by atoms with Crippen LogP contribution in [0.4, 0.5) is 0 Å². The quantitative estimate of drug-likeness (QED) is 0.825. The molecule has 0 radical (unpaired) electrons. The summed E-state index contributed by atoms with van der Waals surface area (Å²) in [7, 11) is 0. The van der Waals surface area contributed by atoms with Crippen LogP contribution in [-0.4, -0.2) is 17.8 Å². The lowest BCUT2D eigenvalue weighted by atomic mass is 10.1. The molecule has 0 heterocycles. The van der Waals surface area contributed by atoms with Gasteiger partial charge in [0.15, 0.2) is 0 Å². The van der Waals surface area contributed by atoms with Gasteiger partial charge < -0.3 is 5.32 Å². The summed E-state index contributed by atoms with van der Waals surface area (Å²) < 4.78 is 0. The first kappa shape index (κ1) is 15.6. The second-order valence-electron chi connectivity index (χ2n) is 6.18.